The van der Waals surface area contributed by atoms with E-state index in [0.29, 0.717) is 0 Å². The van der Waals surface area contributed by atoms with Crippen molar-refractivity contribution in [3.63, 3.8) is 0 Å². The van der Waals surface area contributed by atoms with Gasteiger partial charge in [-0.2, -0.15) is 0 Å². The molecule has 20 heavy (non-hydrogen) atoms. The molecule has 1 aromatic heterocycles. The second-order valence-electron chi connectivity index (χ2n) is 5.34. The Morgan fingerprint density at radius 2 is 2.15 bits per heavy atom. The van der Waals surface area contributed by atoms with Crippen LogP contribution in [0.25, 0.3) is 0 Å². The van der Waals surface area contributed by atoms with E-state index < -0.39 is 0 Å². The van der Waals surface area contributed by atoms with Crippen molar-refractivity contribution in [3.05, 3.63) is 11.4 Å². The highest BCUT2D eigenvalue weighted by Gasteiger charge is 2.21. The third-order valence-electron chi connectivity index (χ3n) is 3.57. The van der Waals surface area contributed by atoms with Crippen molar-refractivity contribution in [3.8, 4) is 0 Å². The minimum Gasteiger partial charge on any atom is -0.375 e. The molecule has 0 saturated carbocycles. The van der Waals surface area contributed by atoms with Gasteiger partial charge in [-0.25, -0.2) is 9.97 Å². The fraction of sp³-hybridized carbons (Fsp3) is 0.733. The fourth-order valence-electron chi connectivity index (χ4n) is 2.44. The number of rotatable bonds is 5. The summed E-state index contributed by atoms with van der Waals surface area (Å²) in [5.74, 6) is 2.95. The van der Waals surface area contributed by atoms with Gasteiger partial charge in [0.15, 0.2) is 0 Å². The van der Waals surface area contributed by atoms with Crippen molar-refractivity contribution in [2.45, 2.75) is 46.6 Å². The molecule has 1 atom stereocenters. The maximum absolute atomic E-state index is 5.62. The SMILES string of the molecule is CCCNc1nc(CC)nc(N2CCOC(C)C2)c1C. The van der Waals surface area contributed by atoms with Gasteiger partial charge in [0.05, 0.1) is 12.7 Å². The van der Waals surface area contributed by atoms with Gasteiger partial charge < -0.3 is 15.0 Å². The summed E-state index contributed by atoms with van der Waals surface area (Å²) in [7, 11) is 0. The summed E-state index contributed by atoms with van der Waals surface area (Å²) in [5, 5.41) is 3.42. The molecule has 0 amide bonds. The van der Waals surface area contributed by atoms with Gasteiger partial charge in [0.2, 0.25) is 0 Å². The quantitative estimate of drug-likeness (QED) is 0.896. The molecule has 5 nitrogen and oxygen atoms in total. The molecule has 0 bridgehead atoms. The highest BCUT2D eigenvalue weighted by molar-refractivity contribution is 5.59. The molecule has 0 radical (unpaired) electrons. The molecule has 1 aliphatic rings. The van der Waals surface area contributed by atoms with Gasteiger partial charge in [0.1, 0.15) is 17.5 Å². The summed E-state index contributed by atoms with van der Waals surface area (Å²) in [6.45, 7) is 12.0. The molecule has 1 aromatic rings. The molecule has 1 N–H and O–H groups in total. The number of nitrogens with zero attached hydrogens (tertiary/aromatic N) is 3. The molecule has 0 aliphatic carbocycles. The van der Waals surface area contributed by atoms with Crippen molar-refractivity contribution < 1.29 is 4.74 Å². The van der Waals surface area contributed by atoms with E-state index in [9.17, 15) is 0 Å². The Morgan fingerprint density at radius 3 is 2.80 bits per heavy atom. The standard InChI is InChI=1S/C15H26N4O/c1-5-7-16-14-12(4)15(18-13(6-2)17-14)19-8-9-20-11(3)10-19/h11H,5-10H2,1-4H3,(H,16,17,18). The van der Waals surface area contributed by atoms with E-state index in [4.69, 9.17) is 9.72 Å². The summed E-state index contributed by atoms with van der Waals surface area (Å²) >= 11 is 0. The van der Waals surface area contributed by atoms with E-state index in [0.717, 1.165) is 62.1 Å². The zero-order chi connectivity index (χ0) is 14.5. The summed E-state index contributed by atoms with van der Waals surface area (Å²) in [6, 6.07) is 0. The third-order valence-corrected chi connectivity index (χ3v) is 3.57. The number of anilines is 2. The number of morpholine rings is 1. The topological polar surface area (TPSA) is 50.3 Å². The van der Waals surface area contributed by atoms with Crippen LogP contribution in [0.3, 0.4) is 0 Å². The first kappa shape index (κ1) is 15.0. The Kier molecular flexibility index (Phi) is 5.17. The lowest BCUT2D eigenvalue weighted by Gasteiger charge is -2.33. The fourth-order valence-corrected chi connectivity index (χ4v) is 2.44. The number of aromatic nitrogens is 2. The molecule has 2 rings (SSSR count). The van der Waals surface area contributed by atoms with E-state index in [-0.39, 0.29) is 6.10 Å². The number of hydrogen-bond acceptors (Lipinski definition) is 5. The van der Waals surface area contributed by atoms with Gasteiger partial charge in [0, 0.05) is 31.6 Å². The van der Waals surface area contributed by atoms with Gasteiger partial charge in [-0.05, 0) is 20.3 Å². The van der Waals surface area contributed by atoms with E-state index in [1.165, 1.54) is 0 Å². The minimum atomic E-state index is 0.259. The van der Waals surface area contributed by atoms with Crippen molar-refractivity contribution in [1.29, 1.82) is 0 Å². The molecular formula is C15H26N4O. The van der Waals surface area contributed by atoms with Crippen LogP contribution < -0.4 is 10.2 Å². The maximum Gasteiger partial charge on any atom is 0.137 e. The lowest BCUT2D eigenvalue weighted by Crippen LogP contribution is -2.42. The van der Waals surface area contributed by atoms with Crippen molar-refractivity contribution in [2.75, 3.05) is 36.5 Å². The molecule has 1 saturated heterocycles. The first-order valence-corrected chi connectivity index (χ1v) is 7.63. The second-order valence-corrected chi connectivity index (χ2v) is 5.34. The van der Waals surface area contributed by atoms with Gasteiger partial charge in [-0.15, -0.1) is 0 Å². The summed E-state index contributed by atoms with van der Waals surface area (Å²) in [4.78, 5) is 11.7. The monoisotopic (exact) mass is 278 g/mol. The van der Waals surface area contributed by atoms with Crippen LogP contribution in [-0.2, 0) is 11.2 Å². The van der Waals surface area contributed by atoms with Gasteiger partial charge in [0.25, 0.3) is 0 Å². The first-order valence-electron chi connectivity index (χ1n) is 7.63. The van der Waals surface area contributed by atoms with Crippen LogP contribution in [0.4, 0.5) is 11.6 Å². The van der Waals surface area contributed by atoms with Crippen LogP contribution >= 0.6 is 0 Å². The molecule has 112 valence electrons. The van der Waals surface area contributed by atoms with Crippen LogP contribution in [0.1, 0.15) is 38.6 Å². The highest BCUT2D eigenvalue weighted by atomic mass is 16.5. The van der Waals surface area contributed by atoms with Gasteiger partial charge in [-0.3, -0.25) is 0 Å². The number of aryl methyl sites for hydroxylation is 1. The Hall–Kier alpha value is -1.36. The third kappa shape index (κ3) is 3.39. The highest BCUT2D eigenvalue weighted by Crippen LogP contribution is 2.25. The number of hydrogen-bond donors (Lipinski definition) is 1. The Morgan fingerprint density at radius 1 is 1.35 bits per heavy atom. The Bertz CT molecular complexity index is 450. The van der Waals surface area contributed by atoms with Crippen molar-refractivity contribution >= 4 is 11.6 Å². The zero-order valence-corrected chi connectivity index (χ0v) is 13.1. The van der Waals surface area contributed by atoms with Crippen LogP contribution in [-0.4, -0.2) is 42.3 Å². The van der Waals surface area contributed by atoms with E-state index >= 15 is 0 Å². The molecule has 1 fully saturated rings. The van der Waals surface area contributed by atoms with Gasteiger partial charge in [-0.1, -0.05) is 13.8 Å². The molecule has 5 heteroatoms. The molecule has 1 aliphatic heterocycles. The van der Waals surface area contributed by atoms with Crippen molar-refractivity contribution in [2.24, 2.45) is 0 Å². The largest absolute Gasteiger partial charge is 0.375 e. The average Bonchev–Trinajstić information content (AvgIpc) is 2.46. The zero-order valence-electron chi connectivity index (χ0n) is 13.1. The molecule has 0 spiro atoms. The summed E-state index contributed by atoms with van der Waals surface area (Å²) in [5.41, 5.74) is 1.14. The van der Waals surface area contributed by atoms with E-state index in [2.05, 4.69) is 42.9 Å². The Labute approximate surface area is 121 Å². The number of ether oxygens (including phenoxy) is 1. The summed E-state index contributed by atoms with van der Waals surface area (Å²) in [6.07, 6.45) is 2.21. The Balaban J connectivity index is 2.30. The lowest BCUT2D eigenvalue weighted by molar-refractivity contribution is 0.0529. The molecule has 2 heterocycles. The van der Waals surface area contributed by atoms with E-state index in [1.54, 1.807) is 0 Å². The van der Waals surface area contributed by atoms with Gasteiger partial charge >= 0.3 is 0 Å². The predicted molar refractivity (Wildman–Crippen MR) is 82.6 cm³/mol. The molecular weight excluding hydrogens is 252 g/mol. The van der Waals surface area contributed by atoms with Crippen LogP contribution in [0.15, 0.2) is 0 Å². The van der Waals surface area contributed by atoms with Crippen LogP contribution in [0.5, 0.6) is 0 Å². The second kappa shape index (κ2) is 6.88. The first-order chi connectivity index (χ1) is 9.65. The number of nitrogens with one attached hydrogen (secondary N) is 1. The smallest absolute Gasteiger partial charge is 0.137 e. The lowest BCUT2D eigenvalue weighted by atomic mass is 10.2. The normalized spacial score (nSPS) is 19.2. The maximum atomic E-state index is 5.62. The minimum absolute atomic E-state index is 0.259. The van der Waals surface area contributed by atoms with E-state index in [1.807, 2.05) is 0 Å². The summed E-state index contributed by atoms with van der Waals surface area (Å²) < 4.78 is 5.62. The molecule has 1 unspecified atom stereocenters. The van der Waals surface area contributed by atoms with Crippen molar-refractivity contribution in [1.82, 2.24) is 9.97 Å². The average molecular weight is 278 g/mol. The van der Waals surface area contributed by atoms with Crippen LogP contribution in [0.2, 0.25) is 0 Å². The van der Waals surface area contributed by atoms with Crippen LogP contribution in [0, 0.1) is 6.92 Å². The predicted octanol–water partition coefficient (Wildman–Crippen LogP) is 2.39. The molecule has 0 aromatic carbocycles.